The van der Waals surface area contributed by atoms with E-state index in [-0.39, 0.29) is 15.7 Å². The summed E-state index contributed by atoms with van der Waals surface area (Å²) in [6, 6.07) is 6.63. The molecule has 0 aliphatic carbocycles. The first kappa shape index (κ1) is 24.2. The van der Waals surface area contributed by atoms with Crippen LogP contribution in [0.5, 0.6) is 5.75 Å². The number of hydrogen-bond donors (Lipinski definition) is 3. The van der Waals surface area contributed by atoms with Crippen LogP contribution in [0, 0.1) is 17.7 Å². The van der Waals surface area contributed by atoms with E-state index >= 15 is 0 Å². The molecule has 6 nitrogen and oxygen atoms in total. The SMILES string of the molecule is CC1CN(C[C@@H]2CCN(c3cc(O)c(SNc4cccc(Cl)n4)c(F)c3Cl)C2)C1.CN. The molecule has 2 aromatic rings. The lowest BCUT2D eigenvalue weighted by Crippen LogP contribution is -2.47. The second kappa shape index (κ2) is 10.9. The zero-order chi connectivity index (χ0) is 22.5. The number of nitrogens with one attached hydrogen (secondary N) is 1. The van der Waals surface area contributed by atoms with E-state index in [1.165, 1.54) is 7.05 Å². The molecule has 2 fully saturated rings. The second-order valence-electron chi connectivity index (χ2n) is 7.85. The van der Waals surface area contributed by atoms with Crippen LogP contribution < -0.4 is 15.4 Å². The zero-order valence-electron chi connectivity index (χ0n) is 17.6. The Labute approximate surface area is 197 Å². The maximum Gasteiger partial charge on any atom is 0.163 e. The minimum atomic E-state index is -0.638. The molecule has 170 valence electrons. The van der Waals surface area contributed by atoms with Crippen LogP contribution >= 0.6 is 35.1 Å². The van der Waals surface area contributed by atoms with Gasteiger partial charge in [0.05, 0.1) is 5.69 Å². The summed E-state index contributed by atoms with van der Waals surface area (Å²) in [5.74, 6) is 0.994. The molecule has 2 saturated heterocycles. The highest BCUT2D eigenvalue weighted by Crippen LogP contribution is 2.42. The van der Waals surface area contributed by atoms with E-state index in [1.54, 1.807) is 24.3 Å². The van der Waals surface area contributed by atoms with Gasteiger partial charge in [-0.15, -0.1) is 0 Å². The van der Waals surface area contributed by atoms with Crippen LogP contribution in [0.2, 0.25) is 10.2 Å². The van der Waals surface area contributed by atoms with E-state index in [1.807, 2.05) is 0 Å². The number of aromatic hydroxyl groups is 1. The molecule has 2 aliphatic heterocycles. The van der Waals surface area contributed by atoms with Crippen molar-refractivity contribution in [3.05, 3.63) is 40.3 Å². The summed E-state index contributed by atoms with van der Waals surface area (Å²) in [5, 5.41) is 10.8. The van der Waals surface area contributed by atoms with Gasteiger partial charge in [-0.1, -0.05) is 36.2 Å². The first-order valence-electron chi connectivity index (χ1n) is 10.2. The van der Waals surface area contributed by atoms with Crippen LogP contribution in [-0.4, -0.2) is 54.8 Å². The van der Waals surface area contributed by atoms with Crippen molar-refractivity contribution >= 4 is 46.7 Å². The number of nitrogens with two attached hydrogens (primary N) is 1. The third kappa shape index (κ3) is 5.87. The molecule has 1 atom stereocenters. The molecule has 31 heavy (non-hydrogen) atoms. The molecule has 0 spiro atoms. The zero-order valence-corrected chi connectivity index (χ0v) is 19.9. The van der Waals surface area contributed by atoms with Gasteiger partial charge in [0.2, 0.25) is 0 Å². The van der Waals surface area contributed by atoms with Gasteiger partial charge >= 0.3 is 0 Å². The van der Waals surface area contributed by atoms with Crippen LogP contribution in [0.4, 0.5) is 15.9 Å². The summed E-state index contributed by atoms with van der Waals surface area (Å²) >= 11 is 13.1. The van der Waals surface area contributed by atoms with E-state index in [9.17, 15) is 9.50 Å². The number of phenols is 1. The maximum atomic E-state index is 14.9. The number of pyridine rings is 1. The monoisotopic (exact) mass is 487 g/mol. The van der Waals surface area contributed by atoms with Crippen molar-refractivity contribution < 1.29 is 9.50 Å². The fraction of sp³-hybridized carbons (Fsp3) is 0.476. The van der Waals surface area contributed by atoms with Crippen molar-refractivity contribution in [2.45, 2.75) is 18.2 Å². The normalized spacial score (nSPS) is 19.0. The van der Waals surface area contributed by atoms with Crippen LogP contribution in [0.15, 0.2) is 29.2 Å². The Morgan fingerprint density at radius 1 is 1.29 bits per heavy atom. The van der Waals surface area contributed by atoms with E-state index in [2.05, 4.69) is 32.2 Å². The Hall–Kier alpha value is -1.45. The Morgan fingerprint density at radius 3 is 2.71 bits per heavy atom. The largest absolute Gasteiger partial charge is 0.507 e. The quantitative estimate of drug-likeness (QED) is 0.402. The van der Waals surface area contributed by atoms with Gasteiger partial charge in [-0.3, -0.25) is 0 Å². The second-order valence-corrected chi connectivity index (χ2v) is 9.43. The lowest BCUT2D eigenvalue weighted by molar-refractivity contribution is 0.0960. The first-order valence-corrected chi connectivity index (χ1v) is 11.8. The molecule has 1 aromatic heterocycles. The third-order valence-corrected chi connectivity index (χ3v) is 6.85. The van der Waals surface area contributed by atoms with Crippen molar-refractivity contribution in [3.8, 4) is 5.75 Å². The van der Waals surface area contributed by atoms with Crippen molar-refractivity contribution in [2.75, 3.05) is 49.4 Å². The van der Waals surface area contributed by atoms with Gasteiger partial charge in [0.15, 0.2) is 5.82 Å². The topological polar surface area (TPSA) is 77.7 Å². The van der Waals surface area contributed by atoms with Crippen LogP contribution in [0.25, 0.3) is 0 Å². The van der Waals surface area contributed by atoms with Gasteiger partial charge in [0.25, 0.3) is 0 Å². The number of likely N-dealkylation sites (tertiary alicyclic amines) is 1. The molecule has 0 bridgehead atoms. The highest BCUT2D eigenvalue weighted by atomic mass is 35.5. The number of rotatable bonds is 6. The molecule has 3 heterocycles. The average Bonchev–Trinajstić information content (AvgIpc) is 3.19. The first-order chi connectivity index (χ1) is 14.9. The number of anilines is 2. The Bertz CT molecular complexity index is 900. The van der Waals surface area contributed by atoms with Gasteiger partial charge in [-0.25, -0.2) is 9.37 Å². The minimum Gasteiger partial charge on any atom is -0.507 e. The number of halogens is 3. The number of nitrogens with zero attached hydrogens (tertiary/aromatic N) is 3. The summed E-state index contributed by atoms with van der Waals surface area (Å²) in [6.45, 7) is 7.28. The number of aromatic nitrogens is 1. The van der Waals surface area contributed by atoms with Crippen molar-refractivity contribution in [1.29, 1.82) is 0 Å². The van der Waals surface area contributed by atoms with Gasteiger partial charge < -0.3 is 25.4 Å². The minimum absolute atomic E-state index is 0.0318. The van der Waals surface area contributed by atoms with E-state index in [0.717, 1.165) is 57.0 Å². The molecular weight excluding hydrogens is 460 g/mol. The predicted molar refractivity (Wildman–Crippen MR) is 128 cm³/mol. The van der Waals surface area contributed by atoms with Gasteiger partial charge in [-0.05, 0) is 49.4 Å². The molecule has 0 saturated carbocycles. The summed E-state index contributed by atoms with van der Waals surface area (Å²) < 4.78 is 17.8. The van der Waals surface area contributed by atoms with Gasteiger partial charge in [0, 0.05) is 38.8 Å². The Balaban J connectivity index is 0.00000132. The highest BCUT2D eigenvalue weighted by molar-refractivity contribution is 8.00. The molecule has 4 rings (SSSR count). The molecule has 2 aliphatic rings. The van der Waals surface area contributed by atoms with E-state index in [4.69, 9.17) is 23.2 Å². The molecular formula is C21H28Cl2FN5OS. The molecule has 4 N–H and O–H groups in total. The van der Waals surface area contributed by atoms with Gasteiger partial charge in [0.1, 0.15) is 26.6 Å². The molecule has 0 radical (unpaired) electrons. The van der Waals surface area contributed by atoms with Gasteiger partial charge in [-0.2, -0.15) is 0 Å². The fourth-order valence-electron chi connectivity index (χ4n) is 4.02. The predicted octanol–water partition coefficient (Wildman–Crippen LogP) is 4.71. The van der Waals surface area contributed by atoms with Crippen molar-refractivity contribution in [3.63, 3.8) is 0 Å². The standard InChI is InChI=1S/C20H23Cl2FN4OS.CH5N/c1-12-8-26(9-12)10-13-5-6-27(11-13)14-7-15(28)20(19(23)18(14)22)29-25-17-4-2-3-16(21)24-17;1-2/h2-4,7,12-13,28H,5-6,8-11H2,1H3,(H,24,25);2H2,1H3/t13-;/m0./s1. The number of phenolic OH excluding ortho intramolecular Hbond substituents is 1. The summed E-state index contributed by atoms with van der Waals surface area (Å²) in [7, 11) is 1.50. The lowest BCUT2D eigenvalue weighted by Gasteiger charge is -2.38. The maximum absolute atomic E-state index is 14.9. The van der Waals surface area contributed by atoms with Crippen molar-refractivity contribution in [1.82, 2.24) is 9.88 Å². The lowest BCUT2D eigenvalue weighted by atomic mass is 9.99. The highest BCUT2D eigenvalue weighted by Gasteiger charge is 2.31. The Kier molecular flexibility index (Phi) is 8.52. The van der Waals surface area contributed by atoms with E-state index in [0.29, 0.717) is 22.6 Å². The molecule has 1 aromatic carbocycles. The number of benzene rings is 1. The molecule has 0 amide bonds. The molecule has 0 unspecified atom stereocenters. The van der Waals surface area contributed by atoms with Crippen LogP contribution in [0.1, 0.15) is 13.3 Å². The Morgan fingerprint density at radius 2 is 2.03 bits per heavy atom. The summed E-state index contributed by atoms with van der Waals surface area (Å²) in [5.41, 5.74) is 5.05. The summed E-state index contributed by atoms with van der Waals surface area (Å²) in [4.78, 5) is 8.65. The summed E-state index contributed by atoms with van der Waals surface area (Å²) in [6.07, 6.45) is 1.04. The average molecular weight is 488 g/mol. The molecule has 10 heteroatoms. The van der Waals surface area contributed by atoms with Crippen LogP contribution in [0.3, 0.4) is 0 Å². The smallest absolute Gasteiger partial charge is 0.163 e. The third-order valence-electron chi connectivity index (χ3n) is 5.38. The fourth-order valence-corrected chi connectivity index (χ4v) is 5.19. The number of hydrogen-bond acceptors (Lipinski definition) is 7. The van der Waals surface area contributed by atoms with Crippen LogP contribution in [-0.2, 0) is 0 Å². The van der Waals surface area contributed by atoms with E-state index < -0.39 is 5.82 Å². The van der Waals surface area contributed by atoms with Crippen molar-refractivity contribution in [2.24, 2.45) is 17.6 Å².